The molecule has 1 N–H and O–H groups in total. The van der Waals surface area contributed by atoms with Crippen LogP contribution in [0.3, 0.4) is 0 Å². The Hall–Kier alpha value is -2.96. The molecule has 0 aliphatic rings. The summed E-state index contributed by atoms with van der Waals surface area (Å²) in [4.78, 5) is 23.0. The lowest BCUT2D eigenvalue weighted by atomic mass is 10.0. The van der Waals surface area contributed by atoms with Crippen molar-refractivity contribution in [2.45, 2.75) is 26.3 Å². The molecule has 1 aromatic carbocycles. The molecule has 2 aromatic heterocycles. The van der Waals surface area contributed by atoms with E-state index in [1.165, 1.54) is 16.4 Å². The second-order valence-electron chi connectivity index (χ2n) is 5.62. The minimum absolute atomic E-state index is 0.296. The quantitative estimate of drug-likeness (QED) is 0.793. The first-order valence-corrected chi connectivity index (χ1v) is 7.23. The number of rotatable bonds is 4. The number of hydrogen-bond acceptors (Lipinski definition) is 4. The molecule has 0 saturated carbocycles. The van der Waals surface area contributed by atoms with Crippen LogP contribution in [-0.4, -0.2) is 30.5 Å². The second-order valence-corrected chi connectivity index (χ2v) is 5.62. The molecule has 0 aliphatic carbocycles. The van der Waals surface area contributed by atoms with Crippen molar-refractivity contribution in [3.8, 4) is 11.3 Å². The largest absolute Gasteiger partial charge is 0.480 e. The fraction of sp³-hybridized carbons (Fsp3) is 0.250. The lowest BCUT2D eigenvalue weighted by molar-refractivity contribution is -0.138. The van der Waals surface area contributed by atoms with Gasteiger partial charge in [0.15, 0.2) is 0 Å². The van der Waals surface area contributed by atoms with Gasteiger partial charge in [0.05, 0.1) is 5.69 Å². The molecule has 0 unspecified atom stereocenters. The predicted octanol–water partition coefficient (Wildman–Crippen LogP) is 1.77. The maximum absolute atomic E-state index is 12.2. The Morgan fingerprint density at radius 1 is 1.26 bits per heavy atom. The minimum atomic E-state index is -1.12. The molecule has 118 valence electrons. The van der Waals surface area contributed by atoms with Crippen LogP contribution in [0, 0.1) is 0 Å². The summed E-state index contributed by atoms with van der Waals surface area (Å²) in [6, 6.07) is 9.63. The van der Waals surface area contributed by atoms with E-state index in [0.29, 0.717) is 17.1 Å². The average molecular weight is 312 g/mol. The Labute approximate surface area is 131 Å². The van der Waals surface area contributed by atoms with E-state index in [9.17, 15) is 9.59 Å². The second kappa shape index (κ2) is 5.68. The number of carbonyl (C=O) groups is 1. The molecule has 3 rings (SSSR count). The Morgan fingerprint density at radius 3 is 2.57 bits per heavy atom. The summed E-state index contributed by atoms with van der Waals surface area (Å²) in [6.07, 6.45) is 1.34. The van der Waals surface area contributed by atoms with Gasteiger partial charge < -0.3 is 5.11 Å². The number of hydrogen-bond donors (Lipinski definition) is 1. The highest BCUT2D eigenvalue weighted by Gasteiger charge is 2.11. The van der Waals surface area contributed by atoms with Crippen LogP contribution < -0.4 is 5.56 Å². The number of carboxylic acid groups (broad SMARTS) is 1. The summed E-state index contributed by atoms with van der Waals surface area (Å²) >= 11 is 0. The Balaban J connectivity index is 2.04. The van der Waals surface area contributed by atoms with Crippen LogP contribution in [-0.2, 0) is 11.3 Å². The number of aromatic nitrogens is 4. The normalized spacial score (nSPS) is 11.3. The van der Waals surface area contributed by atoms with Crippen LogP contribution in [0.2, 0.25) is 0 Å². The topological polar surface area (TPSA) is 89.5 Å². The molecule has 23 heavy (non-hydrogen) atoms. The highest BCUT2D eigenvalue weighted by molar-refractivity contribution is 5.67. The van der Waals surface area contributed by atoms with Crippen molar-refractivity contribution in [3.05, 3.63) is 52.6 Å². The average Bonchev–Trinajstić information content (AvgIpc) is 2.95. The van der Waals surface area contributed by atoms with Crippen LogP contribution in [0.4, 0.5) is 0 Å². The zero-order valence-corrected chi connectivity index (χ0v) is 12.8. The van der Waals surface area contributed by atoms with Gasteiger partial charge >= 0.3 is 5.97 Å². The molecule has 0 saturated heterocycles. The Bertz CT molecular complexity index is 923. The highest BCUT2D eigenvalue weighted by atomic mass is 16.4. The fourth-order valence-electron chi connectivity index (χ4n) is 2.36. The minimum Gasteiger partial charge on any atom is -0.480 e. The van der Waals surface area contributed by atoms with Crippen molar-refractivity contribution < 1.29 is 9.90 Å². The summed E-state index contributed by atoms with van der Waals surface area (Å²) in [5.41, 5.74) is 2.58. The number of nitrogens with zero attached hydrogens (tertiary/aromatic N) is 4. The van der Waals surface area contributed by atoms with E-state index in [4.69, 9.17) is 5.11 Å². The van der Waals surface area contributed by atoms with E-state index in [0.717, 1.165) is 10.2 Å². The van der Waals surface area contributed by atoms with Gasteiger partial charge in [-0.2, -0.15) is 10.2 Å². The summed E-state index contributed by atoms with van der Waals surface area (Å²) in [5.74, 6) is -0.675. The summed E-state index contributed by atoms with van der Waals surface area (Å²) in [5, 5.41) is 16.9. The predicted molar refractivity (Wildman–Crippen MR) is 84.4 cm³/mol. The number of carboxylic acids is 1. The van der Waals surface area contributed by atoms with Gasteiger partial charge in [0, 0.05) is 5.56 Å². The van der Waals surface area contributed by atoms with E-state index in [1.54, 1.807) is 6.07 Å². The van der Waals surface area contributed by atoms with Crippen molar-refractivity contribution in [2.24, 2.45) is 0 Å². The van der Waals surface area contributed by atoms with Gasteiger partial charge in [-0.3, -0.25) is 9.59 Å². The molecule has 7 heteroatoms. The van der Waals surface area contributed by atoms with Gasteiger partial charge in [0.25, 0.3) is 5.56 Å². The molecule has 3 aromatic rings. The van der Waals surface area contributed by atoms with Crippen LogP contribution in [0.15, 0.2) is 41.5 Å². The third-order valence-electron chi connectivity index (χ3n) is 3.65. The molecule has 7 nitrogen and oxygen atoms in total. The smallest absolute Gasteiger partial charge is 0.325 e. The SMILES string of the molecule is CC(C)c1ccc(-c2cc3c(=O)n(CC(=O)O)ncn3n2)cc1. The van der Waals surface area contributed by atoms with Crippen LogP contribution in [0.5, 0.6) is 0 Å². The van der Waals surface area contributed by atoms with E-state index in [1.807, 2.05) is 24.3 Å². The molecule has 0 spiro atoms. The number of benzene rings is 1. The zero-order valence-electron chi connectivity index (χ0n) is 12.8. The lowest BCUT2D eigenvalue weighted by Crippen LogP contribution is -2.27. The number of fused-ring (bicyclic) bond motifs is 1. The van der Waals surface area contributed by atoms with Crippen LogP contribution >= 0.6 is 0 Å². The first-order valence-electron chi connectivity index (χ1n) is 7.23. The van der Waals surface area contributed by atoms with Gasteiger partial charge in [0.2, 0.25) is 0 Å². The fourth-order valence-corrected chi connectivity index (χ4v) is 2.36. The van der Waals surface area contributed by atoms with Crippen molar-refractivity contribution in [1.29, 1.82) is 0 Å². The van der Waals surface area contributed by atoms with Crippen LogP contribution in [0.1, 0.15) is 25.3 Å². The van der Waals surface area contributed by atoms with Gasteiger partial charge in [-0.05, 0) is 17.5 Å². The molecule has 0 amide bonds. The van der Waals surface area contributed by atoms with Gasteiger partial charge in [0.1, 0.15) is 18.4 Å². The van der Waals surface area contributed by atoms with Gasteiger partial charge in [-0.1, -0.05) is 38.1 Å². The molecular weight excluding hydrogens is 296 g/mol. The van der Waals surface area contributed by atoms with Crippen LogP contribution in [0.25, 0.3) is 16.8 Å². The maximum atomic E-state index is 12.2. The van der Waals surface area contributed by atoms with Gasteiger partial charge in [-0.15, -0.1) is 0 Å². The third kappa shape index (κ3) is 2.85. The zero-order chi connectivity index (χ0) is 16.6. The molecule has 0 atom stereocenters. The first kappa shape index (κ1) is 15.0. The summed E-state index contributed by atoms with van der Waals surface area (Å²) in [6.45, 7) is 3.77. The molecule has 0 bridgehead atoms. The molecule has 0 radical (unpaired) electrons. The van der Waals surface area contributed by atoms with E-state index < -0.39 is 18.1 Å². The standard InChI is InChI=1S/C16H16N4O3/c1-10(2)11-3-5-12(6-4-11)13-7-14-16(23)19(8-15(21)22)17-9-20(14)18-13/h3-7,9-10H,8H2,1-2H3,(H,21,22). The van der Waals surface area contributed by atoms with Crippen molar-refractivity contribution >= 4 is 11.5 Å². The van der Waals surface area contributed by atoms with Gasteiger partial charge in [-0.25, -0.2) is 9.20 Å². The van der Waals surface area contributed by atoms with Crippen molar-refractivity contribution in [1.82, 2.24) is 19.4 Å². The Kier molecular flexibility index (Phi) is 3.69. The lowest BCUT2D eigenvalue weighted by Gasteiger charge is -2.05. The number of aliphatic carboxylic acids is 1. The van der Waals surface area contributed by atoms with E-state index in [2.05, 4.69) is 24.0 Å². The van der Waals surface area contributed by atoms with Crippen molar-refractivity contribution in [3.63, 3.8) is 0 Å². The first-order chi connectivity index (χ1) is 11.0. The Morgan fingerprint density at radius 2 is 1.96 bits per heavy atom. The van der Waals surface area contributed by atoms with Crippen molar-refractivity contribution in [2.75, 3.05) is 0 Å². The highest BCUT2D eigenvalue weighted by Crippen LogP contribution is 2.22. The third-order valence-corrected chi connectivity index (χ3v) is 3.65. The monoisotopic (exact) mass is 312 g/mol. The molecule has 0 fully saturated rings. The molecular formula is C16H16N4O3. The maximum Gasteiger partial charge on any atom is 0.325 e. The summed E-state index contributed by atoms with van der Waals surface area (Å²) < 4.78 is 2.28. The molecule has 0 aliphatic heterocycles. The van der Waals surface area contributed by atoms with E-state index >= 15 is 0 Å². The van der Waals surface area contributed by atoms with E-state index in [-0.39, 0.29) is 0 Å². The summed E-state index contributed by atoms with van der Waals surface area (Å²) in [7, 11) is 0. The molecule has 2 heterocycles.